The Bertz CT molecular complexity index is 893. The van der Waals surface area contributed by atoms with Crippen LogP contribution in [0.1, 0.15) is 45.2 Å². The monoisotopic (exact) mass is 346 g/mol. The van der Waals surface area contributed by atoms with Crippen molar-refractivity contribution in [1.82, 2.24) is 10.6 Å². The number of nitrogens with zero attached hydrogens (tertiary/aromatic N) is 2. The van der Waals surface area contributed by atoms with Gasteiger partial charge >= 0.3 is 0 Å². The summed E-state index contributed by atoms with van der Waals surface area (Å²) in [5.74, 6) is -0.601. The van der Waals surface area contributed by atoms with Gasteiger partial charge in [0, 0.05) is 23.7 Å². The molecule has 2 aromatic carbocycles. The number of amides is 2. The van der Waals surface area contributed by atoms with Gasteiger partial charge in [0.25, 0.3) is 11.8 Å². The zero-order valence-corrected chi connectivity index (χ0v) is 14.3. The lowest BCUT2D eigenvalue weighted by atomic mass is 10.1. The second-order valence-electron chi connectivity index (χ2n) is 5.67. The van der Waals surface area contributed by atoms with Crippen LogP contribution in [-0.2, 0) is 0 Å². The second-order valence-corrected chi connectivity index (χ2v) is 5.67. The highest BCUT2D eigenvalue weighted by Gasteiger charge is 2.14. The van der Waals surface area contributed by atoms with Crippen LogP contribution in [0.3, 0.4) is 0 Å². The molecule has 0 fully saturated rings. The molecule has 2 N–H and O–H groups in total. The number of rotatable bonds is 6. The summed E-state index contributed by atoms with van der Waals surface area (Å²) in [6.07, 6.45) is 0.627. The fourth-order valence-corrected chi connectivity index (χ4v) is 2.34. The van der Waals surface area contributed by atoms with Crippen LogP contribution in [0.4, 0.5) is 0 Å². The van der Waals surface area contributed by atoms with Crippen molar-refractivity contribution in [3.63, 3.8) is 0 Å². The first-order valence-electron chi connectivity index (χ1n) is 8.16. The minimum absolute atomic E-state index is 0.253. The van der Waals surface area contributed by atoms with Crippen molar-refractivity contribution in [2.24, 2.45) is 0 Å². The number of hydrogen-bond donors (Lipinski definition) is 2. The van der Waals surface area contributed by atoms with Crippen LogP contribution in [0.5, 0.6) is 0 Å². The minimum Gasteiger partial charge on any atom is -0.350 e. The van der Waals surface area contributed by atoms with Crippen LogP contribution in [0.25, 0.3) is 0 Å². The summed E-state index contributed by atoms with van der Waals surface area (Å²) in [5, 5.41) is 23.4. The fraction of sp³-hybridized carbons (Fsp3) is 0.200. The molecule has 0 heterocycles. The van der Waals surface area contributed by atoms with Crippen LogP contribution in [0.2, 0.25) is 0 Å². The molecule has 0 aliphatic heterocycles. The molecule has 2 rings (SSSR count). The van der Waals surface area contributed by atoms with Crippen LogP contribution in [0, 0.1) is 22.7 Å². The van der Waals surface area contributed by atoms with Crippen LogP contribution >= 0.6 is 0 Å². The van der Waals surface area contributed by atoms with Gasteiger partial charge in [0.05, 0.1) is 23.3 Å². The normalized spacial score (nSPS) is 10.9. The molecular weight excluding hydrogens is 328 g/mol. The molecular formula is C20H18N4O2. The fourth-order valence-electron chi connectivity index (χ4n) is 2.34. The lowest BCUT2D eigenvalue weighted by Crippen LogP contribution is -2.43. The third-order valence-corrected chi connectivity index (χ3v) is 3.84. The zero-order valence-electron chi connectivity index (χ0n) is 14.3. The van der Waals surface area contributed by atoms with Crippen molar-refractivity contribution < 1.29 is 9.59 Å². The molecule has 0 spiro atoms. The van der Waals surface area contributed by atoms with E-state index >= 15 is 0 Å². The van der Waals surface area contributed by atoms with Gasteiger partial charge < -0.3 is 10.6 Å². The maximum atomic E-state index is 12.3. The average molecular weight is 346 g/mol. The zero-order chi connectivity index (χ0) is 18.9. The van der Waals surface area contributed by atoms with Crippen LogP contribution in [0.15, 0.2) is 48.5 Å². The van der Waals surface area contributed by atoms with E-state index in [-0.39, 0.29) is 24.4 Å². The Labute approximate surface area is 152 Å². The van der Waals surface area contributed by atoms with E-state index in [0.717, 1.165) is 0 Å². The molecule has 2 aromatic rings. The second kappa shape index (κ2) is 9.00. The number of carbonyl (C=O) groups is 2. The molecule has 0 aromatic heterocycles. The SMILES string of the molecule is CC[C@H](CNC(=O)c1cccc(C#N)c1)NC(=O)c1cccc(C#N)c1. The number of nitrogens with one attached hydrogen (secondary N) is 2. The summed E-state index contributed by atoms with van der Waals surface area (Å²) in [6.45, 7) is 2.16. The van der Waals surface area contributed by atoms with E-state index in [9.17, 15) is 9.59 Å². The van der Waals surface area contributed by atoms with Gasteiger partial charge in [-0.15, -0.1) is 0 Å². The van der Waals surface area contributed by atoms with E-state index < -0.39 is 0 Å². The molecule has 0 saturated carbocycles. The Morgan fingerprint density at radius 1 is 0.962 bits per heavy atom. The number of benzene rings is 2. The maximum absolute atomic E-state index is 12.3. The van der Waals surface area contributed by atoms with Gasteiger partial charge in [-0.3, -0.25) is 9.59 Å². The lowest BCUT2D eigenvalue weighted by molar-refractivity contribution is 0.0907. The molecule has 0 aliphatic rings. The van der Waals surface area contributed by atoms with Crippen molar-refractivity contribution in [2.45, 2.75) is 19.4 Å². The van der Waals surface area contributed by atoms with Crippen LogP contribution in [-0.4, -0.2) is 24.4 Å². The molecule has 0 radical (unpaired) electrons. The van der Waals surface area contributed by atoms with E-state index in [4.69, 9.17) is 10.5 Å². The Hall–Kier alpha value is -3.64. The molecule has 6 heteroatoms. The topological polar surface area (TPSA) is 106 Å². The van der Waals surface area contributed by atoms with E-state index in [1.165, 1.54) is 12.1 Å². The summed E-state index contributed by atoms with van der Waals surface area (Å²) in [7, 11) is 0. The first-order valence-corrected chi connectivity index (χ1v) is 8.16. The van der Waals surface area contributed by atoms with Gasteiger partial charge in [0.1, 0.15) is 0 Å². The smallest absolute Gasteiger partial charge is 0.251 e. The Morgan fingerprint density at radius 2 is 1.50 bits per heavy atom. The van der Waals surface area contributed by atoms with E-state index in [0.29, 0.717) is 28.7 Å². The Balaban J connectivity index is 1.96. The molecule has 1 atom stereocenters. The highest BCUT2D eigenvalue weighted by molar-refractivity contribution is 5.95. The predicted molar refractivity (Wildman–Crippen MR) is 96.2 cm³/mol. The highest BCUT2D eigenvalue weighted by Crippen LogP contribution is 2.06. The molecule has 0 bridgehead atoms. The molecule has 0 aliphatic carbocycles. The number of nitriles is 2. The first-order chi connectivity index (χ1) is 12.6. The van der Waals surface area contributed by atoms with Crippen LogP contribution < -0.4 is 10.6 Å². The van der Waals surface area contributed by atoms with Crippen molar-refractivity contribution in [3.05, 3.63) is 70.8 Å². The van der Waals surface area contributed by atoms with E-state index in [2.05, 4.69) is 10.6 Å². The molecule has 6 nitrogen and oxygen atoms in total. The summed E-state index contributed by atoms with van der Waals surface area (Å²) in [5.41, 5.74) is 1.62. The van der Waals surface area contributed by atoms with Gasteiger partial charge in [-0.2, -0.15) is 10.5 Å². The molecule has 0 unspecified atom stereocenters. The summed E-state index contributed by atoms with van der Waals surface area (Å²) in [6, 6.07) is 16.6. The van der Waals surface area contributed by atoms with Gasteiger partial charge in [-0.05, 0) is 42.8 Å². The molecule has 2 amide bonds. The molecule has 0 saturated heterocycles. The summed E-state index contributed by atoms with van der Waals surface area (Å²) < 4.78 is 0. The van der Waals surface area contributed by atoms with Crippen molar-refractivity contribution >= 4 is 11.8 Å². The Morgan fingerprint density at radius 3 is 2.00 bits per heavy atom. The van der Waals surface area contributed by atoms with E-state index in [1.807, 2.05) is 19.1 Å². The van der Waals surface area contributed by atoms with Gasteiger partial charge in [0.15, 0.2) is 0 Å². The summed E-state index contributed by atoms with van der Waals surface area (Å²) >= 11 is 0. The van der Waals surface area contributed by atoms with Gasteiger partial charge in [-0.25, -0.2) is 0 Å². The van der Waals surface area contributed by atoms with Crippen molar-refractivity contribution in [3.8, 4) is 12.1 Å². The third-order valence-electron chi connectivity index (χ3n) is 3.84. The average Bonchev–Trinajstić information content (AvgIpc) is 2.70. The Kier molecular flexibility index (Phi) is 6.47. The maximum Gasteiger partial charge on any atom is 0.251 e. The van der Waals surface area contributed by atoms with Crippen molar-refractivity contribution in [1.29, 1.82) is 10.5 Å². The minimum atomic E-state index is -0.304. The standard InChI is InChI=1S/C20H18N4O2/c1-2-18(24-20(26)17-8-4-6-15(10-17)12-22)13-23-19(25)16-7-3-5-14(9-16)11-21/h3-10,18H,2,13H2,1H3,(H,23,25)(H,24,26)/t18-/m1/s1. The highest BCUT2D eigenvalue weighted by atomic mass is 16.2. The number of hydrogen-bond acceptors (Lipinski definition) is 4. The van der Waals surface area contributed by atoms with Crippen molar-refractivity contribution in [2.75, 3.05) is 6.54 Å². The first kappa shape index (κ1) is 18.7. The van der Waals surface area contributed by atoms with Gasteiger partial charge in [-0.1, -0.05) is 19.1 Å². The largest absolute Gasteiger partial charge is 0.350 e. The van der Waals surface area contributed by atoms with Gasteiger partial charge in [0.2, 0.25) is 0 Å². The van der Waals surface area contributed by atoms with E-state index in [1.54, 1.807) is 36.4 Å². The number of carbonyl (C=O) groups excluding carboxylic acids is 2. The lowest BCUT2D eigenvalue weighted by Gasteiger charge is -2.18. The predicted octanol–water partition coefficient (Wildman–Crippen LogP) is 2.37. The molecule has 26 heavy (non-hydrogen) atoms. The quantitative estimate of drug-likeness (QED) is 0.837. The summed E-state index contributed by atoms with van der Waals surface area (Å²) in [4.78, 5) is 24.5. The molecule has 130 valence electrons. The third kappa shape index (κ3) is 4.93.